The van der Waals surface area contributed by atoms with Crippen LogP contribution in [0.4, 0.5) is 5.69 Å². The molecule has 3 rings (SSSR count). The van der Waals surface area contributed by atoms with Gasteiger partial charge in [-0.05, 0) is 37.3 Å². The highest BCUT2D eigenvalue weighted by Gasteiger charge is 2.08. The van der Waals surface area contributed by atoms with E-state index in [0.29, 0.717) is 16.8 Å². The number of fused-ring (bicyclic) bond motifs is 1. The van der Waals surface area contributed by atoms with Gasteiger partial charge in [-0.3, -0.25) is 9.36 Å². The molecule has 1 heterocycles. The Morgan fingerprint density at radius 3 is 2.57 bits per heavy atom. The van der Waals surface area contributed by atoms with Gasteiger partial charge in [0.05, 0.1) is 11.0 Å². The van der Waals surface area contributed by atoms with Gasteiger partial charge in [0.15, 0.2) is 0 Å². The van der Waals surface area contributed by atoms with Crippen molar-refractivity contribution in [2.45, 2.75) is 6.92 Å². The Balaban J connectivity index is 1.89. The number of carbonyl (C=O) groups is 1. The molecule has 0 atom stereocenters. The Morgan fingerprint density at radius 2 is 1.86 bits per heavy atom. The quantitative estimate of drug-likeness (QED) is 0.757. The lowest BCUT2D eigenvalue weighted by atomic mass is 10.1. The van der Waals surface area contributed by atoms with Crippen molar-refractivity contribution in [1.82, 2.24) is 9.55 Å². The highest BCUT2D eigenvalue weighted by Crippen LogP contribution is 2.17. The van der Waals surface area contributed by atoms with E-state index in [1.54, 1.807) is 37.4 Å². The molecule has 1 aromatic heterocycles. The van der Waals surface area contributed by atoms with Crippen LogP contribution in [0.15, 0.2) is 47.3 Å². The first kappa shape index (κ1) is 13.2. The summed E-state index contributed by atoms with van der Waals surface area (Å²) in [6.45, 7) is 1.97. The number of rotatable bonds is 2. The molecule has 5 heteroatoms. The van der Waals surface area contributed by atoms with Gasteiger partial charge in [0.2, 0.25) is 0 Å². The van der Waals surface area contributed by atoms with Crippen LogP contribution in [0.25, 0.3) is 11.0 Å². The van der Waals surface area contributed by atoms with E-state index >= 15 is 0 Å². The van der Waals surface area contributed by atoms with Gasteiger partial charge in [-0.1, -0.05) is 17.7 Å². The molecule has 2 aromatic carbocycles. The summed E-state index contributed by atoms with van der Waals surface area (Å²) in [5.41, 5.74) is 3.68. The number of hydrogen-bond donors (Lipinski definition) is 2. The van der Waals surface area contributed by atoms with Crippen molar-refractivity contribution in [3.8, 4) is 0 Å². The fourth-order valence-electron chi connectivity index (χ4n) is 2.22. The summed E-state index contributed by atoms with van der Waals surface area (Å²) >= 11 is 0. The molecule has 1 amide bonds. The molecule has 0 aliphatic carbocycles. The number of benzene rings is 2. The number of aromatic nitrogens is 2. The van der Waals surface area contributed by atoms with E-state index in [-0.39, 0.29) is 11.6 Å². The summed E-state index contributed by atoms with van der Waals surface area (Å²) in [5.74, 6) is -0.173. The number of imidazole rings is 1. The summed E-state index contributed by atoms with van der Waals surface area (Å²) in [6, 6.07) is 12.7. The molecule has 0 radical (unpaired) electrons. The fraction of sp³-hybridized carbons (Fsp3) is 0.125. The summed E-state index contributed by atoms with van der Waals surface area (Å²) in [7, 11) is 1.70. The Hall–Kier alpha value is -2.82. The summed E-state index contributed by atoms with van der Waals surface area (Å²) < 4.78 is 1.53. The van der Waals surface area contributed by atoms with Crippen LogP contribution in [0, 0.1) is 6.92 Å². The number of nitrogens with zero attached hydrogens (tertiary/aromatic N) is 1. The lowest BCUT2D eigenvalue weighted by Gasteiger charge is -2.06. The summed E-state index contributed by atoms with van der Waals surface area (Å²) in [6.07, 6.45) is 0. The molecule has 0 spiro atoms. The number of hydrogen-bond acceptors (Lipinski definition) is 2. The van der Waals surface area contributed by atoms with Crippen LogP contribution in [0.3, 0.4) is 0 Å². The first-order chi connectivity index (χ1) is 10.0. The minimum Gasteiger partial charge on any atom is -0.322 e. The zero-order valence-electron chi connectivity index (χ0n) is 11.8. The molecule has 0 fully saturated rings. The third-order valence-electron chi connectivity index (χ3n) is 3.48. The number of aryl methyl sites for hydroxylation is 2. The normalized spacial score (nSPS) is 10.8. The molecule has 106 valence electrons. The maximum Gasteiger partial charge on any atom is 0.326 e. The molecule has 0 saturated heterocycles. The van der Waals surface area contributed by atoms with Crippen LogP contribution in [-0.4, -0.2) is 15.5 Å². The van der Waals surface area contributed by atoms with Crippen LogP contribution in [-0.2, 0) is 7.05 Å². The van der Waals surface area contributed by atoms with Gasteiger partial charge in [-0.15, -0.1) is 0 Å². The molecule has 0 aliphatic heterocycles. The zero-order chi connectivity index (χ0) is 15.0. The standard InChI is InChI=1S/C16H15N3O2/c1-10-3-5-11(6-4-10)15(20)17-12-7-8-14-13(9-12)18-16(21)19(14)2/h3-9H,1-2H3,(H,17,20)(H,18,21). The second-order valence-corrected chi connectivity index (χ2v) is 5.04. The van der Waals surface area contributed by atoms with E-state index in [0.717, 1.165) is 11.1 Å². The van der Waals surface area contributed by atoms with Gasteiger partial charge < -0.3 is 10.3 Å². The molecular weight excluding hydrogens is 266 g/mol. The van der Waals surface area contributed by atoms with E-state index in [1.165, 1.54) is 4.57 Å². The molecule has 3 aromatic rings. The molecule has 0 bridgehead atoms. The second-order valence-electron chi connectivity index (χ2n) is 5.04. The monoisotopic (exact) mass is 281 g/mol. The van der Waals surface area contributed by atoms with Gasteiger partial charge in [0.1, 0.15) is 0 Å². The molecule has 5 nitrogen and oxygen atoms in total. The number of amides is 1. The number of aromatic amines is 1. The average molecular weight is 281 g/mol. The largest absolute Gasteiger partial charge is 0.326 e. The second kappa shape index (κ2) is 4.94. The summed E-state index contributed by atoms with van der Waals surface area (Å²) in [4.78, 5) is 26.4. The molecule has 0 saturated carbocycles. The molecular formula is C16H15N3O2. The summed E-state index contributed by atoms with van der Waals surface area (Å²) in [5, 5.41) is 2.83. The van der Waals surface area contributed by atoms with Gasteiger partial charge in [0.25, 0.3) is 5.91 Å². The maximum atomic E-state index is 12.1. The van der Waals surface area contributed by atoms with Crippen LogP contribution < -0.4 is 11.0 Å². The van der Waals surface area contributed by atoms with E-state index in [1.807, 2.05) is 19.1 Å². The van der Waals surface area contributed by atoms with Crippen LogP contribution in [0.2, 0.25) is 0 Å². The van der Waals surface area contributed by atoms with Gasteiger partial charge in [0, 0.05) is 18.3 Å². The smallest absolute Gasteiger partial charge is 0.322 e. The number of carbonyl (C=O) groups excluding carboxylic acids is 1. The van der Waals surface area contributed by atoms with Crippen LogP contribution >= 0.6 is 0 Å². The van der Waals surface area contributed by atoms with Crippen molar-refractivity contribution >= 4 is 22.6 Å². The van der Waals surface area contributed by atoms with Crippen molar-refractivity contribution < 1.29 is 4.79 Å². The Bertz CT molecular complexity index is 873. The minimum absolute atomic E-state index is 0.173. The number of nitrogens with one attached hydrogen (secondary N) is 2. The molecule has 0 unspecified atom stereocenters. The SMILES string of the molecule is Cc1ccc(C(=O)Nc2ccc3c(c2)[nH]c(=O)n3C)cc1. The van der Waals surface area contributed by atoms with Crippen LogP contribution in [0.5, 0.6) is 0 Å². The highest BCUT2D eigenvalue weighted by molar-refractivity contribution is 6.04. The van der Waals surface area contributed by atoms with Gasteiger partial charge in [-0.2, -0.15) is 0 Å². The lowest BCUT2D eigenvalue weighted by molar-refractivity contribution is 0.102. The van der Waals surface area contributed by atoms with E-state index in [9.17, 15) is 9.59 Å². The molecule has 0 aliphatic rings. The van der Waals surface area contributed by atoms with Crippen molar-refractivity contribution in [3.05, 3.63) is 64.1 Å². The number of anilines is 1. The fourth-order valence-corrected chi connectivity index (χ4v) is 2.22. The van der Waals surface area contributed by atoms with E-state index < -0.39 is 0 Å². The van der Waals surface area contributed by atoms with E-state index in [2.05, 4.69) is 10.3 Å². The lowest BCUT2D eigenvalue weighted by Crippen LogP contribution is -2.11. The maximum absolute atomic E-state index is 12.1. The zero-order valence-corrected chi connectivity index (χ0v) is 11.8. The molecule has 2 N–H and O–H groups in total. The van der Waals surface area contributed by atoms with Gasteiger partial charge >= 0.3 is 5.69 Å². The Morgan fingerprint density at radius 1 is 1.14 bits per heavy atom. The number of H-pyrrole nitrogens is 1. The first-order valence-electron chi connectivity index (χ1n) is 6.61. The Kier molecular flexibility index (Phi) is 3.10. The van der Waals surface area contributed by atoms with Crippen molar-refractivity contribution in [2.24, 2.45) is 7.05 Å². The van der Waals surface area contributed by atoms with Crippen molar-refractivity contribution in [2.75, 3.05) is 5.32 Å². The first-order valence-corrected chi connectivity index (χ1v) is 6.61. The predicted molar refractivity (Wildman–Crippen MR) is 82.7 cm³/mol. The third kappa shape index (κ3) is 2.45. The van der Waals surface area contributed by atoms with Crippen LogP contribution in [0.1, 0.15) is 15.9 Å². The highest BCUT2D eigenvalue weighted by atomic mass is 16.2. The van der Waals surface area contributed by atoms with E-state index in [4.69, 9.17) is 0 Å². The Labute approximate surface area is 121 Å². The predicted octanol–water partition coefficient (Wildman–Crippen LogP) is 2.43. The van der Waals surface area contributed by atoms with Gasteiger partial charge in [-0.25, -0.2) is 4.79 Å². The minimum atomic E-state index is -0.174. The third-order valence-corrected chi connectivity index (χ3v) is 3.48. The van der Waals surface area contributed by atoms with Crippen molar-refractivity contribution in [3.63, 3.8) is 0 Å². The topological polar surface area (TPSA) is 66.9 Å². The average Bonchev–Trinajstić information content (AvgIpc) is 2.74. The van der Waals surface area contributed by atoms with Crippen molar-refractivity contribution in [1.29, 1.82) is 0 Å². The molecule has 21 heavy (non-hydrogen) atoms.